The number of benzene rings is 1. The number of nitrogens with two attached hydrogens (primary N) is 1. The highest BCUT2D eigenvalue weighted by Gasteiger charge is 2.23. The van der Waals surface area contributed by atoms with E-state index in [9.17, 15) is 8.42 Å². The molecule has 1 atom stereocenters. The standard InChI is InChI=1S/C13H21N3O3S/c1-9-6-11(16-14)7-10(2)13(9)20(17,18)15-8-12-4-3-5-19-12/h6-7,12,15-16H,3-5,8,14H2,1-2H3. The predicted octanol–water partition coefficient (Wildman–Crippen LogP) is 1.05. The van der Waals surface area contributed by atoms with Gasteiger partial charge in [-0.1, -0.05) is 0 Å². The Hall–Kier alpha value is -1.15. The molecule has 0 amide bonds. The molecule has 1 heterocycles. The molecule has 0 spiro atoms. The highest BCUT2D eigenvalue weighted by Crippen LogP contribution is 2.24. The molecular formula is C13H21N3O3S. The van der Waals surface area contributed by atoms with E-state index < -0.39 is 10.0 Å². The summed E-state index contributed by atoms with van der Waals surface area (Å²) in [4.78, 5) is 0.314. The molecule has 0 aliphatic carbocycles. The van der Waals surface area contributed by atoms with Gasteiger partial charge in [0.25, 0.3) is 0 Å². The number of hydrogen-bond acceptors (Lipinski definition) is 5. The molecule has 112 valence electrons. The van der Waals surface area contributed by atoms with Crippen LogP contribution < -0.4 is 16.0 Å². The molecule has 7 heteroatoms. The Morgan fingerprint density at radius 3 is 2.50 bits per heavy atom. The van der Waals surface area contributed by atoms with Gasteiger partial charge in [-0.3, -0.25) is 5.84 Å². The fourth-order valence-corrected chi connectivity index (χ4v) is 4.05. The van der Waals surface area contributed by atoms with Crippen molar-refractivity contribution < 1.29 is 13.2 Å². The van der Waals surface area contributed by atoms with Crippen molar-refractivity contribution >= 4 is 15.7 Å². The molecule has 1 unspecified atom stereocenters. The molecule has 1 saturated heterocycles. The molecule has 1 aromatic carbocycles. The van der Waals surface area contributed by atoms with Gasteiger partial charge in [0, 0.05) is 18.8 Å². The second kappa shape index (κ2) is 6.09. The summed E-state index contributed by atoms with van der Waals surface area (Å²) in [6.07, 6.45) is 1.87. The number of nitrogens with one attached hydrogen (secondary N) is 2. The minimum absolute atomic E-state index is 0.0182. The van der Waals surface area contributed by atoms with Crippen LogP contribution in [0.2, 0.25) is 0 Å². The number of rotatable bonds is 5. The summed E-state index contributed by atoms with van der Waals surface area (Å²) in [7, 11) is -3.53. The van der Waals surface area contributed by atoms with Gasteiger partial charge in [0.15, 0.2) is 0 Å². The number of nitrogen functional groups attached to an aromatic ring is 1. The summed E-state index contributed by atoms with van der Waals surface area (Å²) >= 11 is 0. The zero-order valence-corrected chi connectivity index (χ0v) is 12.6. The lowest BCUT2D eigenvalue weighted by atomic mass is 10.1. The van der Waals surface area contributed by atoms with Crippen molar-refractivity contribution in [1.29, 1.82) is 0 Å². The third kappa shape index (κ3) is 3.29. The first-order valence-corrected chi connectivity index (χ1v) is 8.11. The maximum absolute atomic E-state index is 12.4. The topological polar surface area (TPSA) is 93.5 Å². The van der Waals surface area contributed by atoms with Crippen LogP contribution in [0, 0.1) is 13.8 Å². The maximum Gasteiger partial charge on any atom is 0.241 e. The molecule has 0 aromatic heterocycles. The molecule has 1 aliphatic heterocycles. The lowest BCUT2D eigenvalue weighted by molar-refractivity contribution is 0.114. The van der Waals surface area contributed by atoms with Gasteiger partial charge < -0.3 is 10.2 Å². The predicted molar refractivity (Wildman–Crippen MR) is 77.9 cm³/mol. The average molecular weight is 299 g/mol. The molecule has 1 aliphatic rings. The van der Waals surface area contributed by atoms with Gasteiger partial charge in [-0.25, -0.2) is 13.1 Å². The molecule has 6 nitrogen and oxygen atoms in total. The smallest absolute Gasteiger partial charge is 0.241 e. The Kier molecular flexibility index (Phi) is 4.64. The van der Waals surface area contributed by atoms with E-state index in [2.05, 4.69) is 10.1 Å². The van der Waals surface area contributed by atoms with Gasteiger partial charge in [-0.15, -0.1) is 0 Å². The van der Waals surface area contributed by atoms with E-state index in [1.165, 1.54) is 0 Å². The molecule has 0 saturated carbocycles. The maximum atomic E-state index is 12.4. The fraction of sp³-hybridized carbons (Fsp3) is 0.538. The van der Waals surface area contributed by atoms with Gasteiger partial charge >= 0.3 is 0 Å². The van der Waals surface area contributed by atoms with E-state index in [4.69, 9.17) is 10.6 Å². The highest BCUT2D eigenvalue weighted by atomic mass is 32.2. The number of hydrogen-bond donors (Lipinski definition) is 3. The summed E-state index contributed by atoms with van der Waals surface area (Å²) in [5.74, 6) is 5.36. The van der Waals surface area contributed by atoms with Crippen LogP contribution in [0.5, 0.6) is 0 Å². The lowest BCUT2D eigenvalue weighted by Gasteiger charge is -2.15. The van der Waals surface area contributed by atoms with E-state index in [-0.39, 0.29) is 6.10 Å². The third-order valence-corrected chi connectivity index (χ3v) is 5.15. The monoisotopic (exact) mass is 299 g/mol. The minimum atomic E-state index is -3.53. The third-order valence-electron chi connectivity index (χ3n) is 3.42. The number of hydrazine groups is 1. The number of ether oxygens (including phenoxy) is 1. The highest BCUT2D eigenvalue weighted by molar-refractivity contribution is 7.89. The van der Waals surface area contributed by atoms with Crippen molar-refractivity contribution in [2.75, 3.05) is 18.6 Å². The second-order valence-electron chi connectivity index (χ2n) is 5.07. The van der Waals surface area contributed by atoms with Crippen molar-refractivity contribution in [3.05, 3.63) is 23.3 Å². The summed E-state index contributed by atoms with van der Waals surface area (Å²) in [5.41, 5.74) is 4.55. The van der Waals surface area contributed by atoms with Gasteiger partial charge in [0.1, 0.15) is 0 Å². The minimum Gasteiger partial charge on any atom is -0.377 e. The van der Waals surface area contributed by atoms with Crippen LogP contribution in [-0.2, 0) is 14.8 Å². The second-order valence-corrected chi connectivity index (χ2v) is 6.77. The van der Waals surface area contributed by atoms with Crippen LogP contribution >= 0.6 is 0 Å². The van der Waals surface area contributed by atoms with Gasteiger partial charge in [-0.05, 0) is 49.9 Å². The van der Waals surface area contributed by atoms with E-state index in [1.807, 2.05) is 0 Å². The van der Waals surface area contributed by atoms with E-state index in [0.29, 0.717) is 34.9 Å². The van der Waals surface area contributed by atoms with E-state index in [0.717, 1.165) is 12.8 Å². The Morgan fingerprint density at radius 1 is 1.35 bits per heavy atom. The first kappa shape index (κ1) is 15.2. The summed E-state index contributed by atoms with van der Waals surface area (Å²) in [6, 6.07) is 3.43. The molecule has 0 bridgehead atoms. The van der Waals surface area contributed by atoms with Crippen LogP contribution in [0.25, 0.3) is 0 Å². The van der Waals surface area contributed by atoms with Crippen molar-refractivity contribution in [3.8, 4) is 0 Å². The summed E-state index contributed by atoms with van der Waals surface area (Å²) < 4.78 is 32.9. The van der Waals surface area contributed by atoms with Crippen LogP contribution in [0.4, 0.5) is 5.69 Å². The number of aryl methyl sites for hydroxylation is 2. The molecule has 1 aromatic rings. The fourth-order valence-electron chi connectivity index (χ4n) is 2.54. The summed E-state index contributed by atoms with van der Waals surface area (Å²) in [5, 5.41) is 0. The number of sulfonamides is 1. The van der Waals surface area contributed by atoms with Crippen LogP contribution in [0.1, 0.15) is 24.0 Å². The molecule has 20 heavy (non-hydrogen) atoms. The van der Waals surface area contributed by atoms with E-state index in [1.54, 1.807) is 26.0 Å². The normalized spacial score (nSPS) is 19.2. The van der Waals surface area contributed by atoms with Gasteiger partial charge in [-0.2, -0.15) is 0 Å². The van der Waals surface area contributed by atoms with Crippen molar-refractivity contribution in [1.82, 2.24) is 4.72 Å². The van der Waals surface area contributed by atoms with Crippen LogP contribution in [0.15, 0.2) is 17.0 Å². The Labute approximate surface area is 119 Å². The molecular weight excluding hydrogens is 278 g/mol. The van der Waals surface area contributed by atoms with Crippen molar-refractivity contribution in [2.24, 2.45) is 5.84 Å². The first-order valence-electron chi connectivity index (χ1n) is 6.63. The van der Waals surface area contributed by atoms with Crippen molar-refractivity contribution in [2.45, 2.75) is 37.7 Å². The molecule has 2 rings (SSSR count). The quantitative estimate of drug-likeness (QED) is 0.558. The molecule has 1 fully saturated rings. The largest absolute Gasteiger partial charge is 0.377 e. The SMILES string of the molecule is Cc1cc(NN)cc(C)c1S(=O)(=O)NCC1CCCO1. The zero-order chi connectivity index (χ0) is 14.8. The summed E-state index contributed by atoms with van der Waals surface area (Å²) in [6.45, 7) is 4.54. The number of anilines is 1. The van der Waals surface area contributed by atoms with Gasteiger partial charge in [0.05, 0.1) is 11.0 Å². The Balaban J connectivity index is 2.20. The lowest BCUT2D eigenvalue weighted by Crippen LogP contribution is -2.32. The van der Waals surface area contributed by atoms with Gasteiger partial charge in [0.2, 0.25) is 10.0 Å². The zero-order valence-electron chi connectivity index (χ0n) is 11.8. The Bertz CT molecular complexity index is 558. The molecule has 4 N–H and O–H groups in total. The van der Waals surface area contributed by atoms with Crippen LogP contribution in [0.3, 0.4) is 0 Å². The van der Waals surface area contributed by atoms with Crippen molar-refractivity contribution in [3.63, 3.8) is 0 Å². The van der Waals surface area contributed by atoms with E-state index >= 15 is 0 Å². The first-order chi connectivity index (χ1) is 9.44. The Morgan fingerprint density at radius 2 is 2.00 bits per heavy atom. The molecule has 0 radical (unpaired) electrons. The average Bonchev–Trinajstić information content (AvgIpc) is 2.88. The van der Waals surface area contributed by atoms with Crippen LogP contribution in [-0.4, -0.2) is 27.7 Å².